The first-order valence-corrected chi connectivity index (χ1v) is 8.65. The van der Waals surface area contributed by atoms with E-state index in [0.717, 1.165) is 18.3 Å². The van der Waals surface area contributed by atoms with Crippen molar-refractivity contribution in [3.05, 3.63) is 48.2 Å². The van der Waals surface area contributed by atoms with Gasteiger partial charge in [-0.1, -0.05) is 0 Å². The summed E-state index contributed by atoms with van der Waals surface area (Å²) in [6.45, 7) is 3.53. The molecular weight excluding hydrogens is 340 g/mol. The van der Waals surface area contributed by atoms with Crippen molar-refractivity contribution in [2.75, 3.05) is 29.8 Å². The molecule has 2 aromatic rings. The van der Waals surface area contributed by atoms with Crippen LogP contribution in [0.1, 0.15) is 6.92 Å². The molecule has 6 nitrogen and oxygen atoms in total. The number of sulfonamides is 1. The van der Waals surface area contributed by atoms with Gasteiger partial charge in [0.1, 0.15) is 22.3 Å². The van der Waals surface area contributed by atoms with Gasteiger partial charge < -0.3 is 10.1 Å². The second-order valence-corrected chi connectivity index (χ2v) is 6.45. The largest absolute Gasteiger partial charge is 0.380 e. The van der Waals surface area contributed by atoms with E-state index in [1.165, 1.54) is 12.1 Å². The summed E-state index contributed by atoms with van der Waals surface area (Å²) in [6.07, 6.45) is 1.15. The lowest BCUT2D eigenvalue weighted by molar-refractivity contribution is 0.158. The molecule has 24 heavy (non-hydrogen) atoms. The minimum absolute atomic E-state index is 0.123. The van der Waals surface area contributed by atoms with Gasteiger partial charge in [-0.3, -0.25) is 4.72 Å². The summed E-state index contributed by atoms with van der Waals surface area (Å²) in [6, 6.07) is 5.26. The van der Waals surface area contributed by atoms with Gasteiger partial charge in [-0.2, -0.15) is 0 Å². The third-order valence-corrected chi connectivity index (χ3v) is 4.28. The van der Waals surface area contributed by atoms with E-state index < -0.39 is 21.7 Å². The molecule has 130 valence electrons. The highest BCUT2D eigenvalue weighted by atomic mass is 32.2. The number of ether oxygens (including phenoxy) is 1. The SMILES string of the molecule is CCOCCNc1ccc(S(=O)(=O)Nc2cc(F)cc(F)c2)cn1. The number of benzene rings is 1. The van der Waals surface area contributed by atoms with Crippen LogP contribution in [0, 0.1) is 11.6 Å². The molecule has 0 aliphatic rings. The first-order chi connectivity index (χ1) is 11.4. The Morgan fingerprint density at radius 2 is 1.88 bits per heavy atom. The minimum atomic E-state index is -3.99. The number of pyridine rings is 1. The molecule has 0 radical (unpaired) electrons. The average molecular weight is 357 g/mol. The number of nitrogens with zero attached hydrogens (tertiary/aromatic N) is 1. The summed E-state index contributed by atoms with van der Waals surface area (Å²) in [5, 5.41) is 2.97. The Kier molecular flexibility index (Phi) is 6.04. The topological polar surface area (TPSA) is 80.3 Å². The first kappa shape index (κ1) is 18.1. The van der Waals surface area contributed by atoms with Crippen LogP contribution < -0.4 is 10.0 Å². The van der Waals surface area contributed by atoms with Gasteiger partial charge in [0.15, 0.2) is 0 Å². The molecule has 0 atom stereocenters. The van der Waals surface area contributed by atoms with Gasteiger partial charge in [-0.05, 0) is 31.2 Å². The predicted molar refractivity (Wildman–Crippen MR) is 86.4 cm³/mol. The molecule has 0 aliphatic heterocycles. The smallest absolute Gasteiger partial charge is 0.263 e. The number of halogens is 2. The van der Waals surface area contributed by atoms with Crippen molar-refractivity contribution in [3.8, 4) is 0 Å². The van der Waals surface area contributed by atoms with Crippen molar-refractivity contribution in [2.24, 2.45) is 0 Å². The Morgan fingerprint density at radius 1 is 1.17 bits per heavy atom. The average Bonchev–Trinajstić information content (AvgIpc) is 2.50. The summed E-state index contributed by atoms with van der Waals surface area (Å²) < 4.78 is 57.9. The summed E-state index contributed by atoms with van der Waals surface area (Å²) in [5.41, 5.74) is -0.202. The number of anilines is 2. The summed E-state index contributed by atoms with van der Waals surface area (Å²) in [4.78, 5) is 3.86. The van der Waals surface area contributed by atoms with Crippen LogP contribution in [0.2, 0.25) is 0 Å². The van der Waals surface area contributed by atoms with Gasteiger partial charge in [-0.15, -0.1) is 0 Å². The van der Waals surface area contributed by atoms with Crippen LogP contribution in [0.15, 0.2) is 41.4 Å². The van der Waals surface area contributed by atoms with Crippen LogP contribution >= 0.6 is 0 Å². The van der Waals surface area contributed by atoms with Gasteiger partial charge in [0, 0.05) is 25.4 Å². The third-order valence-electron chi connectivity index (χ3n) is 2.92. The first-order valence-electron chi connectivity index (χ1n) is 7.17. The second-order valence-electron chi connectivity index (χ2n) is 4.77. The highest BCUT2D eigenvalue weighted by Crippen LogP contribution is 2.18. The lowest BCUT2D eigenvalue weighted by atomic mass is 10.3. The van der Waals surface area contributed by atoms with E-state index in [-0.39, 0.29) is 10.6 Å². The molecular formula is C15H17F2N3O3S. The molecule has 0 fully saturated rings. The number of nitrogens with one attached hydrogen (secondary N) is 2. The Morgan fingerprint density at radius 3 is 2.46 bits per heavy atom. The highest BCUT2D eigenvalue weighted by molar-refractivity contribution is 7.92. The summed E-state index contributed by atoms with van der Waals surface area (Å²) >= 11 is 0. The molecule has 2 N–H and O–H groups in total. The predicted octanol–water partition coefficient (Wildman–Crippen LogP) is 2.61. The number of hydrogen-bond donors (Lipinski definition) is 2. The molecule has 0 bridgehead atoms. The van der Waals surface area contributed by atoms with E-state index in [4.69, 9.17) is 4.74 Å². The standard InChI is InChI=1S/C15H17F2N3O3S/c1-2-23-6-5-18-15-4-3-14(10-19-15)24(21,22)20-13-8-11(16)7-12(17)9-13/h3-4,7-10,20H,2,5-6H2,1H3,(H,18,19). The van der Waals surface area contributed by atoms with Crippen LogP contribution in [0.4, 0.5) is 20.3 Å². The lowest BCUT2D eigenvalue weighted by Crippen LogP contribution is -2.14. The Hall–Kier alpha value is -2.26. The van der Waals surface area contributed by atoms with E-state index in [0.29, 0.717) is 31.6 Å². The van der Waals surface area contributed by atoms with Crippen molar-refractivity contribution < 1.29 is 21.9 Å². The van der Waals surface area contributed by atoms with Crippen molar-refractivity contribution in [3.63, 3.8) is 0 Å². The number of hydrogen-bond acceptors (Lipinski definition) is 5. The Bertz CT molecular complexity index is 763. The molecule has 1 heterocycles. The number of aromatic nitrogens is 1. The van der Waals surface area contributed by atoms with E-state index in [2.05, 4.69) is 15.0 Å². The lowest BCUT2D eigenvalue weighted by Gasteiger charge is -2.09. The van der Waals surface area contributed by atoms with Crippen LogP contribution in [0.25, 0.3) is 0 Å². The van der Waals surface area contributed by atoms with Gasteiger partial charge in [0.05, 0.1) is 12.3 Å². The fraction of sp³-hybridized carbons (Fsp3) is 0.267. The van der Waals surface area contributed by atoms with E-state index in [1.807, 2.05) is 6.92 Å². The van der Waals surface area contributed by atoms with E-state index in [9.17, 15) is 17.2 Å². The van der Waals surface area contributed by atoms with Crippen LogP contribution in [-0.2, 0) is 14.8 Å². The van der Waals surface area contributed by atoms with Crippen LogP contribution in [0.3, 0.4) is 0 Å². The maximum Gasteiger partial charge on any atom is 0.263 e. The zero-order valence-corrected chi connectivity index (χ0v) is 13.7. The molecule has 0 saturated heterocycles. The van der Waals surface area contributed by atoms with Crippen molar-refractivity contribution in [2.45, 2.75) is 11.8 Å². The third kappa shape index (κ3) is 5.14. The Labute approximate surface area is 138 Å². The van der Waals surface area contributed by atoms with Gasteiger partial charge in [0.25, 0.3) is 10.0 Å². The van der Waals surface area contributed by atoms with Crippen molar-refractivity contribution >= 4 is 21.5 Å². The summed E-state index contributed by atoms with van der Waals surface area (Å²) in [5.74, 6) is -1.26. The fourth-order valence-corrected chi connectivity index (χ4v) is 2.85. The quantitative estimate of drug-likeness (QED) is 0.710. The molecule has 0 saturated carbocycles. The highest BCUT2D eigenvalue weighted by Gasteiger charge is 2.15. The zero-order chi connectivity index (χ0) is 17.6. The normalized spacial score (nSPS) is 11.3. The van der Waals surface area contributed by atoms with Crippen LogP contribution in [0.5, 0.6) is 0 Å². The zero-order valence-electron chi connectivity index (χ0n) is 12.9. The monoisotopic (exact) mass is 357 g/mol. The maximum absolute atomic E-state index is 13.1. The molecule has 9 heteroatoms. The molecule has 1 aromatic heterocycles. The van der Waals surface area contributed by atoms with Gasteiger partial charge in [-0.25, -0.2) is 22.2 Å². The van der Waals surface area contributed by atoms with E-state index >= 15 is 0 Å². The molecule has 1 aromatic carbocycles. The number of rotatable bonds is 8. The second kappa shape index (κ2) is 8.02. The van der Waals surface area contributed by atoms with Crippen molar-refractivity contribution in [1.29, 1.82) is 0 Å². The van der Waals surface area contributed by atoms with E-state index in [1.54, 1.807) is 0 Å². The summed E-state index contributed by atoms with van der Waals surface area (Å²) in [7, 11) is -3.99. The molecule has 2 rings (SSSR count). The van der Waals surface area contributed by atoms with Crippen LogP contribution in [-0.4, -0.2) is 33.2 Å². The van der Waals surface area contributed by atoms with Crippen molar-refractivity contribution in [1.82, 2.24) is 4.98 Å². The molecule has 0 aliphatic carbocycles. The minimum Gasteiger partial charge on any atom is -0.380 e. The van der Waals surface area contributed by atoms with Gasteiger partial charge >= 0.3 is 0 Å². The van der Waals surface area contributed by atoms with Gasteiger partial charge in [0.2, 0.25) is 0 Å². The molecule has 0 amide bonds. The Balaban J connectivity index is 2.06. The maximum atomic E-state index is 13.1. The molecule has 0 spiro atoms. The molecule has 0 unspecified atom stereocenters. The fourth-order valence-electron chi connectivity index (χ4n) is 1.87.